The van der Waals surface area contributed by atoms with Gasteiger partial charge in [-0.15, -0.1) is 0 Å². The van der Waals surface area contributed by atoms with Crippen LogP contribution in [0, 0.1) is 5.92 Å². The Bertz CT molecular complexity index is 1540. The van der Waals surface area contributed by atoms with Crippen LogP contribution in [0.2, 0.25) is 18.1 Å². The summed E-state index contributed by atoms with van der Waals surface area (Å²) in [6, 6.07) is 8.48. The van der Waals surface area contributed by atoms with Crippen LogP contribution in [0.1, 0.15) is 85.8 Å². The van der Waals surface area contributed by atoms with E-state index in [4.69, 9.17) is 15.2 Å². The van der Waals surface area contributed by atoms with E-state index in [-0.39, 0.29) is 27.8 Å². The molecule has 0 radical (unpaired) electrons. The van der Waals surface area contributed by atoms with Crippen LogP contribution in [0.5, 0.6) is 5.75 Å². The predicted octanol–water partition coefficient (Wildman–Crippen LogP) is 8.10. The number of aromatic nitrogens is 2. The first kappa shape index (κ1) is 34.7. The number of nitrogens with one attached hydrogen (secondary N) is 2. The Morgan fingerprint density at radius 3 is 2.50 bits per heavy atom. The van der Waals surface area contributed by atoms with Crippen LogP contribution >= 0.6 is 15.9 Å². The smallest absolute Gasteiger partial charge is 0.250 e. The third kappa shape index (κ3) is 7.77. The molecule has 3 aromatic rings. The van der Waals surface area contributed by atoms with Gasteiger partial charge in [0, 0.05) is 22.8 Å². The van der Waals surface area contributed by atoms with Crippen LogP contribution in [0.15, 0.2) is 46.1 Å². The lowest BCUT2D eigenvalue weighted by Gasteiger charge is -2.38. The van der Waals surface area contributed by atoms with Gasteiger partial charge in [0.15, 0.2) is 0 Å². The molecule has 4 rings (SSSR count). The number of anilines is 1. The van der Waals surface area contributed by atoms with Gasteiger partial charge in [0.2, 0.25) is 8.32 Å². The van der Waals surface area contributed by atoms with Crippen LogP contribution in [-0.4, -0.2) is 44.8 Å². The minimum atomic E-state index is -1.97. The van der Waals surface area contributed by atoms with Gasteiger partial charge in [-0.2, -0.15) is 5.10 Å². The Kier molecular flexibility index (Phi) is 10.4. The van der Waals surface area contributed by atoms with Crippen molar-refractivity contribution >= 4 is 58.0 Å². The fourth-order valence-electron chi connectivity index (χ4n) is 5.26. The second kappa shape index (κ2) is 13.3. The first-order valence-corrected chi connectivity index (χ1v) is 20.5. The number of nitrogens with zero attached hydrogens (tertiary/aromatic N) is 3. The summed E-state index contributed by atoms with van der Waals surface area (Å²) in [5.74, 6) is 1.53. The normalized spacial score (nSPS) is 21.0. The molecule has 0 amide bonds. The average Bonchev–Trinajstić information content (AvgIpc) is 3.31. The molecular weight excluding hydrogens is 652 g/mol. The number of benzene rings is 1. The standard InChI is InChI=1S/C33H51BrN6O2SSi/c1-11-22-17-24(42-44(9,10)33(6,7)8)15-16-28(22)38-31(35)25-19-36-40-20-23(34)18-29(40)30(25)37-26-13-12-14-27(21(26)2)39-43(41)32(3,4)5/h15-21,26-27,37,39H,11-14H2,1-10H3,(H2,35,38)/t21-,26?,27?,43?/m0/s1. The van der Waals surface area contributed by atoms with E-state index >= 15 is 0 Å². The van der Waals surface area contributed by atoms with Gasteiger partial charge in [-0.25, -0.2) is 18.4 Å². The van der Waals surface area contributed by atoms with Crippen LogP contribution in [0.4, 0.5) is 11.4 Å². The van der Waals surface area contributed by atoms with Gasteiger partial charge in [-0.1, -0.05) is 34.6 Å². The zero-order chi connectivity index (χ0) is 32.6. The number of fused-ring (bicyclic) bond motifs is 1. The molecule has 1 aromatic carbocycles. The molecule has 44 heavy (non-hydrogen) atoms. The lowest BCUT2D eigenvalue weighted by Crippen LogP contribution is -2.49. The van der Waals surface area contributed by atoms with E-state index < -0.39 is 19.3 Å². The molecule has 0 saturated heterocycles. The molecule has 1 aliphatic rings. The molecule has 4 atom stereocenters. The van der Waals surface area contributed by atoms with Crippen molar-refractivity contribution in [3.8, 4) is 5.75 Å². The van der Waals surface area contributed by atoms with Crippen molar-refractivity contribution in [2.24, 2.45) is 16.6 Å². The van der Waals surface area contributed by atoms with Gasteiger partial charge in [-0.05, 0) is 116 Å². The quantitative estimate of drug-likeness (QED) is 0.119. The van der Waals surface area contributed by atoms with E-state index in [9.17, 15) is 4.21 Å². The van der Waals surface area contributed by atoms with E-state index in [0.717, 1.165) is 63.9 Å². The summed E-state index contributed by atoms with van der Waals surface area (Å²) >= 11 is 3.62. The van der Waals surface area contributed by atoms with Crippen LogP contribution in [0.3, 0.4) is 0 Å². The van der Waals surface area contributed by atoms with Crippen LogP contribution in [0.25, 0.3) is 5.52 Å². The van der Waals surface area contributed by atoms with Gasteiger partial charge in [0.25, 0.3) is 0 Å². The largest absolute Gasteiger partial charge is 0.543 e. The molecule has 1 fully saturated rings. The fraction of sp³-hybridized carbons (Fsp3) is 0.576. The van der Waals surface area contributed by atoms with E-state index in [0.29, 0.717) is 5.84 Å². The Morgan fingerprint density at radius 2 is 1.86 bits per heavy atom. The van der Waals surface area contributed by atoms with E-state index in [1.165, 1.54) is 0 Å². The van der Waals surface area contributed by atoms with Gasteiger partial charge in [-0.3, -0.25) is 0 Å². The fourth-order valence-corrected chi connectivity index (χ4v) is 7.65. The number of amidine groups is 1. The van der Waals surface area contributed by atoms with Gasteiger partial charge >= 0.3 is 0 Å². The molecule has 3 unspecified atom stereocenters. The second-order valence-corrected chi connectivity index (χ2v) is 22.2. The first-order valence-electron chi connectivity index (χ1n) is 15.7. The third-order valence-electron chi connectivity index (χ3n) is 9.18. The van der Waals surface area contributed by atoms with Crippen LogP contribution < -0.4 is 20.2 Å². The highest BCUT2D eigenvalue weighted by Crippen LogP contribution is 2.39. The Labute approximate surface area is 275 Å². The van der Waals surface area contributed by atoms with E-state index in [1.54, 1.807) is 6.20 Å². The number of aliphatic imine (C=N–C) groups is 1. The highest BCUT2D eigenvalue weighted by Gasteiger charge is 2.39. The van der Waals surface area contributed by atoms with Crippen molar-refractivity contribution in [3.05, 3.63) is 52.3 Å². The van der Waals surface area contributed by atoms with Crippen molar-refractivity contribution < 1.29 is 8.63 Å². The highest BCUT2D eigenvalue weighted by atomic mass is 79.9. The number of hydrogen-bond acceptors (Lipinski definition) is 5. The second-order valence-electron chi connectivity index (χ2n) is 14.6. The minimum Gasteiger partial charge on any atom is -0.543 e. The minimum absolute atomic E-state index is 0.110. The molecule has 1 aliphatic carbocycles. The maximum Gasteiger partial charge on any atom is 0.250 e. The topological polar surface area (TPSA) is 106 Å². The summed E-state index contributed by atoms with van der Waals surface area (Å²) in [5, 5.41) is 8.61. The first-order chi connectivity index (χ1) is 20.4. The highest BCUT2D eigenvalue weighted by molar-refractivity contribution is 9.10. The molecule has 1 saturated carbocycles. The number of hydrogen-bond donors (Lipinski definition) is 3. The summed E-state index contributed by atoms with van der Waals surface area (Å²) in [5.41, 5.74) is 11.3. The van der Waals surface area contributed by atoms with Crippen molar-refractivity contribution in [2.75, 3.05) is 5.32 Å². The van der Waals surface area contributed by atoms with Crippen molar-refractivity contribution in [1.29, 1.82) is 0 Å². The van der Waals surface area contributed by atoms with E-state index in [2.05, 4.69) is 90.9 Å². The zero-order valence-electron chi connectivity index (χ0n) is 28.0. The summed E-state index contributed by atoms with van der Waals surface area (Å²) in [6.45, 7) is 21.6. The summed E-state index contributed by atoms with van der Waals surface area (Å²) in [6.07, 6.45) is 7.57. The van der Waals surface area contributed by atoms with E-state index in [1.807, 2.05) is 43.6 Å². The monoisotopic (exact) mass is 702 g/mol. The van der Waals surface area contributed by atoms with Crippen molar-refractivity contribution in [2.45, 2.75) is 116 Å². The van der Waals surface area contributed by atoms with Gasteiger partial charge < -0.3 is 15.5 Å². The average molecular weight is 704 g/mol. The molecule has 8 nitrogen and oxygen atoms in total. The lowest BCUT2D eigenvalue weighted by atomic mass is 9.82. The molecule has 2 aromatic heterocycles. The molecular formula is C33H51BrN6O2SSi. The summed E-state index contributed by atoms with van der Waals surface area (Å²) in [7, 11) is -3.10. The third-order valence-corrected chi connectivity index (χ3v) is 15.6. The Morgan fingerprint density at radius 1 is 1.18 bits per heavy atom. The predicted molar refractivity (Wildman–Crippen MR) is 192 cm³/mol. The summed E-state index contributed by atoms with van der Waals surface area (Å²) < 4.78 is 25.4. The molecule has 0 spiro atoms. The number of aryl methyl sites for hydroxylation is 1. The van der Waals surface area contributed by atoms with Gasteiger partial charge in [0.05, 0.1) is 44.4 Å². The molecule has 0 aliphatic heterocycles. The summed E-state index contributed by atoms with van der Waals surface area (Å²) in [4.78, 5) is 4.95. The SMILES string of the molecule is CCc1cc(O[Si](C)(C)C(C)(C)C)ccc1N=C(N)c1cnn2cc(Br)cc2c1NC1CCCC(NS(=O)C(C)(C)C)[C@H]1C. The number of halogens is 1. The van der Waals surface area contributed by atoms with Gasteiger partial charge in [0.1, 0.15) is 11.6 Å². The molecule has 2 heterocycles. The van der Waals surface area contributed by atoms with Crippen molar-refractivity contribution in [1.82, 2.24) is 14.3 Å². The van der Waals surface area contributed by atoms with Crippen LogP contribution in [-0.2, 0) is 17.4 Å². The lowest BCUT2D eigenvalue weighted by molar-refractivity contribution is 0.286. The maximum atomic E-state index is 12.9. The molecule has 11 heteroatoms. The Balaban J connectivity index is 1.68. The maximum absolute atomic E-state index is 12.9. The molecule has 0 bridgehead atoms. The molecule has 242 valence electrons. The number of nitrogens with two attached hydrogens (primary N) is 1. The number of rotatable bonds is 9. The zero-order valence-corrected chi connectivity index (χ0v) is 31.4. The van der Waals surface area contributed by atoms with Crippen molar-refractivity contribution in [3.63, 3.8) is 0 Å². The Hall–Kier alpha value is -2.21. The molecule has 4 N–H and O–H groups in total.